The molecule has 3 rings (SSSR count). The topological polar surface area (TPSA) is 84.7 Å². The third-order valence-electron chi connectivity index (χ3n) is 3.81. The highest BCUT2D eigenvalue weighted by atomic mass is 16.5. The zero-order chi connectivity index (χ0) is 17.1. The molecule has 1 atom stereocenters. The summed E-state index contributed by atoms with van der Waals surface area (Å²) in [5.74, 6) is -0.0228. The number of benzene rings is 2. The van der Waals surface area contributed by atoms with Crippen LogP contribution in [0.5, 0.6) is 5.75 Å². The Morgan fingerprint density at radius 3 is 2.71 bits per heavy atom. The summed E-state index contributed by atoms with van der Waals surface area (Å²) < 4.78 is 5.78. The Labute approximate surface area is 140 Å². The Balaban J connectivity index is 1.75. The molecular formula is C18H19N3O3. The van der Waals surface area contributed by atoms with Crippen molar-refractivity contribution < 1.29 is 14.3 Å². The number of para-hydroxylation sites is 3. The molecule has 6 heteroatoms. The molecule has 3 N–H and O–H groups in total. The van der Waals surface area contributed by atoms with Crippen molar-refractivity contribution in [3.05, 3.63) is 54.1 Å². The average Bonchev–Trinajstić information content (AvgIpc) is 2.55. The van der Waals surface area contributed by atoms with Crippen molar-refractivity contribution in [2.75, 3.05) is 23.3 Å². The Kier molecular flexibility index (Phi) is 4.37. The van der Waals surface area contributed by atoms with E-state index in [0.717, 1.165) is 11.4 Å². The number of carbonyl (C=O) groups excluding carboxylic acids is 2. The molecule has 1 aliphatic rings. The van der Waals surface area contributed by atoms with Gasteiger partial charge in [0.25, 0.3) is 5.91 Å². The lowest BCUT2D eigenvalue weighted by atomic mass is 10.1. The number of rotatable bonds is 4. The smallest absolute Gasteiger partial charge is 0.250 e. The lowest BCUT2D eigenvalue weighted by molar-refractivity contribution is -0.115. The van der Waals surface area contributed by atoms with Crippen molar-refractivity contribution >= 4 is 23.2 Å². The van der Waals surface area contributed by atoms with Crippen LogP contribution in [0.2, 0.25) is 0 Å². The maximum Gasteiger partial charge on any atom is 0.250 e. The fourth-order valence-corrected chi connectivity index (χ4v) is 2.80. The SMILES string of the molecule is CC1CN(CC(=O)Nc2ccccc2C(N)=O)c2ccccc2O1. The van der Waals surface area contributed by atoms with Gasteiger partial charge in [0.2, 0.25) is 5.91 Å². The normalized spacial score (nSPS) is 16.0. The highest BCUT2D eigenvalue weighted by Gasteiger charge is 2.24. The summed E-state index contributed by atoms with van der Waals surface area (Å²) in [7, 11) is 0. The predicted molar refractivity (Wildman–Crippen MR) is 92.3 cm³/mol. The molecule has 0 bridgehead atoms. The molecule has 2 amide bonds. The molecule has 1 aliphatic heterocycles. The Hall–Kier alpha value is -3.02. The summed E-state index contributed by atoms with van der Waals surface area (Å²) >= 11 is 0. The van der Waals surface area contributed by atoms with Crippen LogP contribution in [0.15, 0.2) is 48.5 Å². The van der Waals surface area contributed by atoms with E-state index in [1.165, 1.54) is 0 Å². The monoisotopic (exact) mass is 325 g/mol. The number of primary amides is 1. The Bertz CT molecular complexity index is 776. The van der Waals surface area contributed by atoms with E-state index in [1.54, 1.807) is 24.3 Å². The minimum absolute atomic E-state index is 0.00870. The van der Waals surface area contributed by atoms with Crippen molar-refractivity contribution in [3.63, 3.8) is 0 Å². The summed E-state index contributed by atoms with van der Waals surface area (Å²) in [6.07, 6.45) is -0.00870. The highest BCUT2D eigenvalue weighted by Crippen LogP contribution is 2.32. The summed E-state index contributed by atoms with van der Waals surface area (Å²) in [4.78, 5) is 25.8. The van der Waals surface area contributed by atoms with Crippen LogP contribution in [-0.2, 0) is 4.79 Å². The predicted octanol–water partition coefficient (Wildman–Crippen LogP) is 2.01. The Morgan fingerprint density at radius 1 is 1.21 bits per heavy atom. The summed E-state index contributed by atoms with van der Waals surface area (Å²) in [6.45, 7) is 2.74. The van der Waals surface area contributed by atoms with Crippen molar-refractivity contribution in [1.82, 2.24) is 0 Å². The second-order valence-corrected chi connectivity index (χ2v) is 5.73. The number of carbonyl (C=O) groups is 2. The van der Waals surface area contributed by atoms with Gasteiger partial charge in [0, 0.05) is 0 Å². The van der Waals surface area contributed by atoms with Gasteiger partial charge < -0.3 is 20.7 Å². The third-order valence-corrected chi connectivity index (χ3v) is 3.81. The number of hydrogen-bond acceptors (Lipinski definition) is 4. The molecule has 1 unspecified atom stereocenters. The second kappa shape index (κ2) is 6.62. The van der Waals surface area contributed by atoms with Crippen LogP contribution in [-0.4, -0.2) is 31.0 Å². The molecule has 24 heavy (non-hydrogen) atoms. The highest BCUT2D eigenvalue weighted by molar-refractivity contribution is 6.03. The first kappa shape index (κ1) is 15.9. The van der Waals surface area contributed by atoms with Gasteiger partial charge in [0.15, 0.2) is 0 Å². The van der Waals surface area contributed by atoms with Gasteiger partial charge in [-0.3, -0.25) is 9.59 Å². The molecule has 2 aromatic rings. The molecule has 0 fully saturated rings. The quantitative estimate of drug-likeness (QED) is 0.900. The molecular weight excluding hydrogens is 306 g/mol. The van der Waals surface area contributed by atoms with Crippen LogP contribution in [0.25, 0.3) is 0 Å². The van der Waals surface area contributed by atoms with E-state index in [2.05, 4.69) is 5.32 Å². The number of ether oxygens (including phenoxy) is 1. The van der Waals surface area contributed by atoms with Gasteiger partial charge in [-0.05, 0) is 31.2 Å². The Morgan fingerprint density at radius 2 is 1.92 bits per heavy atom. The molecule has 0 saturated heterocycles. The first-order valence-electron chi connectivity index (χ1n) is 7.74. The number of nitrogens with two attached hydrogens (primary N) is 1. The maximum atomic E-state index is 12.4. The molecule has 124 valence electrons. The minimum Gasteiger partial charge on any atom is -0.487 e. The largest absolute Gasteiger partial charge is 0.487 e. The van der Waals surface area contributed by atoms with Crippen molar-refractivity contribution in [2.45, 2.75) is 13.0 Å². The molecule has 0 aromatic heterocycles. The minimum atomic E-state index is -0.573. The van der Waals surface area contributed by atoms with Crippen molar-refractivity contribution in [2.24, 2.45) is 5.73 Å². The third kappa shape index (κ3) is 3.32. The lowest BCUT2D eigenvalue weighted by Gasteiger charge is -2.34. The maximum absolute atomic E-state index is 12.4. The van der Waals surface area contributed by atoms with E-state index in [9.17, 15) is 9.59 Å². The summed E-state index contributed by atoms with van der Waals surface area (Å²) in [5.41, 5.74) is 6.94. The number of amides is 2. The summed E-state index contributed by atoms with van der Waals surface area (Å²) in [6, 6.07) is 14.3. The molecule has 0 spiro atoms. The van der Waals surface area contributed by atoms with Gasteiger partial charge in [0.05, 0.1) is 30.0 Å². The van der Waals surface area contributed by atoms with Gasteiger partial charge in [-0.2, -0.15) is 0 Å². The van der Waals surface area contributed by atoms with Crippen LogP contribution in [0.3, 0.4) is 0 Å². The van der Waals surface area contributed by atoms with E-state index in [-0.39, 0.29) is 18.6 Å². The van der Waals surface area contributed by atoms with Gasteiger partial charge in [0.1, 0.15) is 11.9 Å². The second-order valence-electron chi connectivity index (χ2n) is 5.73. The number of nitrogens with one attached hydrogen (secondary N) is 1. The summed E-state index contributed by atoms with van der Waals surface area (Å²) in [5, 5.41) is 2.76. The molecule has 0 saturated carbocycles. The van der Waals surface area contributed by atoms with Gasteiger partial charge >= 0.3 is 0 Å². The van der Waals surface area contributed by atoms with Gasteiger partial charge in [-0.15, -0.1) is 0 Å². The first-order valence-corrected chi connectivity index (χ1v) is 7.74. The van der Waals surface area contributed by atoms with E-state index in [1.807, 2.05) is 36.1 Å². The molecule has 6 nitrogen and oxygen atoms in total. The van der Waals surface area contributed by atoms with Crippen LogP contribution in [0, 0.1) is 0 Å². The van der Waals surface area contributed by atoms with Crippen molar-refractivity contribution in [3.8, 4) is 5.75 Å². The number of fused-ring (bicyclic) bond motifs is 1. The number of anilines is 2. The van der Waals surface area contributed by atoms with E-state index in [4.69, 9.17) is 10.5 Å². The number of nitrogens with zero attached hydrogens (tertiary/aromatic N) is 1. The zero-order valence-corrected chi connectivity index (χ0v) is 13.4. The van der Waals surface area contributed by atoms with Crippen LogP contribution >= 0.6 is 0 Å². The molecule has 1 heterocycles. The molecule has 2 aromatic carbocycles. The molecule has 0 aliphatic carbocycles. The van der Waals surface area contributed by atoms with Crippen molar-refractivity contribution in [1.29, 1.82) is 0 Å². The first-order chi connectivity index (χ1) is 11.5. The van der Waals surface area contributed by atoms with Crippen LogP contribution in [0.4, 0.5) is 11.4 Å². The van der Waals surface area contributed by atoms with Gasteiger partial charge in [-0.1, -0.05) is 24.3 Å². The van der Waals surface area contributed by atoms with E-state index < -0.39 is 5.91 Å². The van der Waals surface area contributed by atoms with E-state index in [0.29, 0.717) is 17.8 Å². The lowest BCUT2D eigenvalue weighted by Crippen LogP contribution is -2.42. The zero-order valence-electron chi connectivity index (χ0n) is 13.4. The average molecular weight is 325 g/mol. The fraction of sp³-hybridized carbons (Fsp3) is 0.222. The number of hydrogen-bond donors (Lipinski definition) is 2. The fourth-order valence-electron chi connectivity index (χ4n) is 2.80. The van der Waals surface area contributed by atoms with E-state index >= 15 is 0 Å². The standard InChI is InChI=1S/C18H19N3O3/c1-12-10-21(15-8-4-5-9-16(15)24-12)11-17(22)20-14-7-3-2-6-13(14)18(19)23/h2-9,12H,10-11H2,1H3,(H2,19,23)(H,20,22). The van der Waals surface area contributed by atoms with Gasteiger partial charge in [-0.25, -0.2) is 0 Å². The van der Waals surface area contributed by atoms with Crippen LogP contribution < -0.4 is 20.7 Å². The van der Waals surface area contributed by atoms with Crippen LogP contribution in [0.1, 0.15) is 17.3 Å². The molecule has 0 radical (unpaired) electrons.